The number of nitrogens with zero attached hydrogens (tertiary/aromatic N) is 3. The average molecular weight is 375 g/mol. The van der Waals surface area contributed by atoms with Crippen LogP contribution in [0, 0.1) is 5.82 Å². The summed E-state index contributed by atoms with van der Waals surface area (Å²) in [6, 6.07) is 10.7. The van der Waals surface area contributed by atoms with E-state index < -0.39 is 0 Å². The number of rotatable bonds is 5. The molecule has 4 rings (SSSR count). The molecule has 0 saturated heterocycles. The van der Waals surface area contributed by atoms with Crippen molar-refractivity contribution in [3.05, 3.63) is 59.1 Å². The second-order valence-electron chi connectivity index (χ2n) is 6.21. The van der Waals surface area contributed by atoms with Crippen molar-refractivity contribution in [2.24, 2.45) is 0 Å². The molecule has 0 unspecified atom stereocenters. The van der Waals surface area contributed by atoms with Gasteiger partial charge in [0.05, 0.1) is 10.7 Å². The van der Waals surface area contributed by atoms with E-state index >= 15 is 0 Å². The van der Waals surface area contributed by atoms with Crippen LogP contribution < -0.4 is 5.32 Å². The van der Waals surface area contributed by atoms with Crippen molar-refractivity contribution in [1.29, 1.82) is 0 Å². The molecular formula is C18H16ClFN4S. The Morgan fingerprint density at radius 2 is 2.00 bits per heavy atom. The molecule has 2 heterocycles. The Bertz CT molecular complexity index is 894. The summed E-state index contributed by atoms with van der Waals surface area (Å²) in [5.41, 5.74) is 1.15. The van der Waals surface area contributed by atoms with Crippen LogP contribution in [0.15, 0.2) is 42.6 Å². The number of anilines is 1. The van der Waals surface area contributed by atoms with Gasteiger partial charge in [0.15, 0.2) is 5.01 Å². The second-order valence-corrected chi connectivity index (χ2v) is 7.60. The first-order valence-electron chi connectivity index (χ1n) is 8.11. The number of pyridine rings is 1. The Labute approximate surface area is 154 Å². The van der Waals surface area contributed by atoms with Crippen LogP contribution in [0.4, 0.5) is 9.52 Å². The van der Waals surface area contributed by atoms with Crippen molar-refractivity contribution in [3.63, 3.8) is 0 Å². The lowest BCUT2D eigenvalue weighted by molar-refractivity contribution is 0.243. The molecule has 0 bridgehead atoms. The standard InChI is InChI=1S/C18H16ClFN4S/c19-13-6-2-1-5-12(13)16-23-24-17(25-16)22-11-18(8-4-9-18)15-14(20)7-3-10-21-15/h1-3,5-7,10H,4,8-9,11H2,(H,22,24). The first kappa shape index (κ1) is 16.4. The summed E-state index contributed by atoms with van der Waals surface area (Å²) in [6.45, 7) is 0.595. The number of hydrogen-bond acceptors (Lipinski definition) is 5. The van der Waals surface area contributed by atoms with Gasteiger partial charge in [0.25, 0.3) is 0 Å². The minimum atomic E-state index is -0.262. The molecular weight excluding hydrogens is 359 g/mol. The van der Waals surface area contributed by atoms with Gasteiger partial charge in [-0.25, -0.2) is 4.39 Å². The summed E-state index contributed by atoms with van der Waals surface area (Å²) in [6.07, 6.45) is 4.58. The predicted octanol–water partition coefficient (Wildman–Crippen LogP) is 4.93. The molecule has 4 nitrogen and oxygen atoms in total. The molecule has 1 aliphatic rings. The van der Waals surface area contributed by atoms with E-state index in [1.807, 2.05) is 24.3 Å². The third-order valence-electron chi connectivity index (χ3n) is 4.68. The van der Waals surface area contributed by atoms with E-state index in [9.17, 15) is 4.39 Å². The lowest BCUT2D eigenvalue weighted by atomic mass is 9.66. The molecule has 0 amide bonds. The lowest BCUT2D eigenvalue weighted by Crippen LogP contribution is -2.42. The van der Waals surface area contributed by atoms with E-state index in [0.29, 0.717) is 22.4 Å². The van der Waals surface area contributed by atoms with Gasteiger partial charge in [-0.15, -0.1) is 10.2 Å². The van der Waals surface area contributed by atoms with Crippen LogP contribution in [0.3, 0.4) is 0 Å². The van der Waals surface area contributed by atoms with Gasteiger partial charge in [-0.3, -0.25) is 4.98 Å². The normalized spacial score (nSPS) is 15.6. The number of nitrogens with one attached hydrogen (secondary N) is 1. The maximum atomic E-state index is 14.2. The minimum absolute atomic E-state index is 0.238. The van der Waals surface area contributed by atoms with Gasteiger partial charge >= 0.3 is 0 Å². The Morgan fingerprint density at radius 3 is 2.72 bits per heavy atom. The Morgan fingerprint density at radius 1 is 1.16 bits per heavy atom. The van der Waals surface area contributed by atoms with Gasteiger partial charge in [0.1, 0.15) is 5.82 Å². The monoisotopic (exact) mass is 374 g/mol. The first-order valence-corrected chi connectivity index (χ1v) is 9.31. The van der Waals surface area contributed by atoms with Crippen molar-refractivity contribution < 1.29 is 4.39 Å². The second kappa shape index (κ2) is 6.69. The molecule has 7 heteroatoms. The van der Waals surface area contributed by atoms with Gasteiger partial charge in [0.2, 0.25) is 5.13 Å². The summed E-state index contributed by atoms with van der Waals surface area (Å²) in [7, 11) is 0. The highest BCUT2D eigenvalue weighted by atomic mass is 35.5. The fourth-order valence-electron chi connectivity index (χ4n) is 3.16. The van der Waals surface area contributed by atoms with Crippen molar-refractivity contribution in [3.8, 4) is 10.6 Å². The zero-order chi connectivity index (χ0) is 17.3. The zero-order valence-corrected chi connectivity index (χ0v) is 14.9. The fraction of sp³-hybridized carbons (Fsp3) is 0.278. The highest BCUT2D eigenvalue weighted by Crippen LogP contribution is 2.44. The van der Waals surface area contributed by atoms with Crippen LogP contribution in [0.2, 0.25) is 5.02 Å². The molecule has 0 atom stereocenters. The van der Waals surface area contributed by atoms with Gasteiger partial charge in [-0.05, 0) is 31.0 Å². The van der Waals surface area contributed by atoms with E-state index in [4.69, 9.17) is 11.6 Å². The molecule has 0 aliphatic heterocycles. The van der Waals surface area contributed by atoms with Gasteiger partial charge in [-0.2, -0.15) is 0 Å². The molecule has 0 radical (unpaired) electrons. The fourth-order valence-corrected chi connectivity index (χ4v) is 4.22. The Kier molecular flexibility index (Phi) is 4.39. The topological polar surface area (TPSA) is 50.7 Å². The molecule has 2 aromatic heterocycles. The molecule has 1 fully saturated rings. The Balaban J connectivity index is 1.52. The zero-order valence-electron chi connectivity index (χ0n) is 13.4. The van der Waals surface area contributed by atoms with Gasteiger partial charge < -0.3 is 5.32 Å². The summed E-state index contributed by atoms with van der Waals surface area (Å²) >= 11 is 7.66. The van der Waals surface area contributed by atoms with Crippen LogP contribution in [0.5, 0.6) is 0 Å². The number of benzene rings is 1. The molecule has 3 aromatic rings. The molecule has 25 heavy (non-hydrogen) atoms. The van der Waals surface area contributed by atoms with E-state index in [2.05, 4.69) is 20.5 Å². The first-order chi connectivity index (χ1) is 12.2. The summed E-state index contributed by atoms with van der Waals surface area (Å²) < 4.78 is 14.2. The van der Waals surface area contributed by atoms with Crippen molar-refractivity contribution in [1.82, 2.24) is 15.2 Å². The van der Waals surface area contributed by atoms with Crippen LogP contribution in [-0.2, 0) is 5.41 Å². The highest BCUT2D eigenvalue weighted by molar-refractivity contribution is 7.18. The quantitative estimate of drug-likeness (QED) is 0.688. The van der Waals surface area contributed by atoms with Crippen LogP contribution in [-0.4, -0.2) is 21.7 Å². The van der Waals surface area contributed by atoms with Crippen LogP contribution in [0.25, 0.3) is 10.6 Å². The SMILES string of the molecule is Fc1cccnc1C1(CNc2nnc(-c3ccccc3Cl)s2)CCC1. The van der Waals surface area contributed by atoms with Gasteiger partial charge in [-0.1, -0.05) is 47.6 Å². The highest BCUT2D eigenvalue weighted by Gasteiger charge is 2.41. The molecule has 0 spiro atoms. The van der Waals surface area contributed by atoms with Crippen molar-refractivity contribution >= 4 is 28.1 Å². The van der Waals surface area contributed by atoms with Gasteiger partial charge in [0, 0.05) is 23.7 Å². The number of aromatic nitrogens is 3. The minimum Gasteiger partial charge on any atom is -0.359 e. The number of halogens is 2. The average Bonchev–Trinajstić information content (AvgIpc) is 3.04. The van der Waals surface area contributed by atoms with Crippen molar-refractivity contribution in [2.75, 3.05) is 11.9 Å². The number of hydrogen-bond donors (Lipinski definition) is 1. The van der Waals surface area contributed by atoms with E-state index in [1.54, 1.807) is 12.3 Å². The smallest absolute Gasteiger partial charge is 0.206 e. The summed E-state index contributed by atoms with van der Waals surface area (Å²) in [4.78, 5) is 4.28. The molecule has 128 valence electrons. The maximum absolute atomic E-state index is 14.2. The van der Waals surface area contributed by atoms with Crippen LogP contribution >= 0.6 is 22.9 Å². The summed E-state index contributed by atoms with van der Waals surface area (Å²) in [5, 5.41) is 13.8. The van der Waals surface area contributed by atoms with E-state index in [-0.39, 0.29) is 11.2 Å². The van der Waals surface area contributed by atoms with E-state index in [0.717, 1.165) is 29.8 Å². The molecule has 1 saturated carbocycles. The third-order valence-corrected chi connectivity index (χ3v) is 5.92. The van der Waals surface area contributed by atoms with Crippen LogP contribution in [0.1, 0.15) is 25.0 Å². The van der Waals surface area contributed by atoms with Crippen molar-refractivity contribution in [2.45, 2.75) is 24.7 Å². The molecule has 1 aromatic carbocycles. The maximum Gasteiger partial charge on any atom is 0.206 e. The lowest BCUT2D eigenvalue weighted by Gasteiger charge is -2.41. The predicted molar refractivity (Wildman–Crippen MR) is 98.6 cm³/mol. The third kappa shape index (κ3) is 3.12. The summed E-state index contributed by atoms with van der Waals surface area (Å²) in [5.74, 6) is -0.238. The molecule has 1 aliphatic carbocycles. The Hall–Kier alpha value is -2.05. The molecule has 1 N–H and O–H groups in total. The van der Waals surface area contributed by atoms with E-state index in [1.165, 1.54) is 17.4 Å². The largest absolute Gasteiger partial charge is 0.359 e.